The molecular formula is C26H38O4. The van der Waals surface area contributed by atoms with Crippen LogP contribution in [0.5, 0.6) is 0 Å². The van der Waals surface area contributed by atoms with E-state index in [0.717, 1.165) is 44.9 Å². The van der Waals surface area contributed by atoms with Crippen LogP contribution in [0.15, 0.2) is 11.8 Å². The van der Waals surface area contributed by atoms with Gasteiger partial charge in [0.05, 0.1) is 5.76 Å². The average Bonchev–Trinajstić information content (AvgIpc) is 3.34. The van der Waals surface area contributed by atoms with Crippen molar-refractivity contribution in [2.75, 3.05) is 6.61 Å². The van der Waals surface area contributed by atoms with Gasteiger partial charge in [-0.05, 0) is 94.0 Å². The van der Waals surface area contributed by atoms with E-state index in [4.69, 9.17) is 9.47 Å². The van der Waals surface area contributed by atoms with E-state index in [-0.39, 0.29) is 22.9 Å². The second-order valence-corrected chi connectivity index (χ2v) is 11.1. The van der Waals surface area contributed by atoms with Crippen LogP contribution in [0.3, 0.4) is 0 Å². The van der Waals surface area contributed by atoms with Gasteiger partial charge in [-0.25, -0.2) is 0 Å². The SMILES string of the molecule is CC(=O)OC[C@]12C(OC3=CCCC3)CCC[C@@H]1CCC1C2CC[C@]2(C)C(=O)CCC12. The minimum Gasteiger partial charge on any atom is -0.494 e. The number of hydrogen-bond acceptors (Lipinski definition) is 4. The predicted molar refractivity (Wildman–Crippen MR) is 115 cm³/mol. The summed E-state index contributed by atoms with van der Waals surface area (Å²) in [6.07, 6.45) is 15.6. The Kier molecular flexibility index (Phi) is 5.26. The Morgan fingerprint density at radius 1 is 1.07 bits per heavy atom. The van der Waals surface area contributed by atoms with Crippen LogP contribution in [0.2, 0.25) is 0 Å². The van der Waals surface area contributed by atoms with E-state index < -0.39 is 0 Å². The number of rotatable bonds is 4. The molecule has 4 fully saturated rings. The molecule has 0 aromatic heterocycles. The van der Waals surface area contributed by atoms with E-state index in [2.05, 4.69) is 13.0 Å². The highest BCUT2D eigenvalue weighted by Crippen LogP contribution is 2.66. The van der Waals surface area contributed by atoms with E-state index in [0.29, 0.717) is 36.1 Å². The van der Waals surface area contributed by atoms with Crippen LogP contribution in [-0.4, -0.2) is 24.5 Å². The van der Waals surface area contributed by atoms with Crippen molar-refractivity contribution in [1.82, 2.24) is 0 Å². The lowest BCUT2D eigenvalue weighted by molar-refractivity contribution is -0.202. The van der Waals surface area contributed by atoms with Crippen molar-refractivity contribution in [3.8, 4) is 0 Å². The van der Waals surface area contributed by atoms with E-state index in [9.17, 15) is 9.59 Å². The van der Waals surface area contributed by atoms with Crippen LogP contribution >= 0.6 is 0 Å². The van der Waals surface area contributed by atoms with E-state index in [1.54, 1.807) is 0 Å². The third-order valence-corrected chi connectivity index (χ3v) is 9.88. The fraction of sp³-hybridized carbons (Fsp3) is 0.846. The Bertz CT molecular complexity index is 741. The molecule has 5 aliphatic carbocycles. The Morgan fingerprint density at radius 3 is 2.70 bits per heavy atom. The minimum absolute atomic E-state index is 0.0801. The molecule has 0 heterocycles. The van der Waals surface area contributed by atoms with Gasteiger partial charge in [0.2, 0.25) is 0 Å². The quantitative estimate of drug-likeness (QED) is 0.562. The van der Waals surface area contributed by atoms with Crippen LogP contribution in [0.4, 0.5) is 0 Å². The van der Waals surface area contributed by atoms with Crippen molar-refractivity contribution in [1.29, 1.82) is 0 Å². The van der Waals surface area contributed by atoms with Gasteiger partial charge >= 0.3 is 5.97 Å². The molecule has 0 bridgehead atoms. The molecule has 166 valence electrons. The average molecular weight is 415 g/mol. The molecule has 0 aromatic rings. The number of Topliss-reactive ketones (excluding diaryl/α,β-unsaturated/α-hetero) is 1. The molecule has 4 nitrogen and oxygen atoms in total. The van der Waals surface area contributed by atoms with Crippen molar-refractivity contribution in [2.24, 2.45) is 34.5 Å². The zero-order valence-electron chi connectivity index (χ0n) is 18.8. The van der Waals surface area contributed by atoms with Gasteiger partial charge in [-0.2, -0.15) is 0 Å². The topological polar surface area (TPSA) is 52.6 Å². The summed E-state index contributed by atoms with van der Waals surface area (Å²) in [4.78, 5) is 24.7. The molecule has 4 heteroatoms. The van der Waals surface area contributed by atoms with Crippen molar-refractivity contribution < 1.29 is 19.1 Å². The standard InChI is InChI=1S/C26H38O4/c1-17(27)29-16-26-18(6-5-9-24(26)30-19-7-3-4-8-19)10-11-20-21-12-13-23(28)25(21,2)15-14-22(20)26/h7,18,20-22,24H,3-6,8-16H2,1-2H3/t18-,20?,21?,22?,24?,25+,26+/m1/s1. The van der Waals surface area contributed by atoms with Crippen LogP contribution in [0, 0.1) is 34.5 Å². The Morgan fingerprint density at radius 2 is 1.93 bits per heavy atom. The number of hydrogen-bond donors (Lipinski definition) is 0. The molecule has 5 aliphatic rings. The molecule has 4 saturated carbocycles. The van der Waals surface area contributed by atoms with Crippen LogP contribution in [0.25, 0.3) is 0 Å². The number of fused-ring (bicyclic) bond motifs is 5. The first kappa shape index (κ1) is 20.6. The lowest BCUT2D eigenvalue weighted by Gasteiger charge is -2.62. The summed E-state index contributed by atoms with van der Waals surface area (Å²) in [5.41, 5.74) is -0.196. The number of allylic oxidation sites excluding steroid dienone is 2. The summed E-state index contributed by atoms with van der Waals surface area (Å²) in [5, 5.41) is 0. The molecule has 0 spiro atoms. The molecule has 0 saturated heterocycles. The summed E-state index contributed by atoms with van der Waals surface area (Å²) in [6, 6.07) is 0. The van der Waals surface area contributed by atoms with Crippen molar-refractivity contribution in [2.45, 2.75) is 97.0 Å². The molecule has 0 N–H and O–H groups in total. The van der Waals surface area contributed by atoms with E-state index in [1.807, 2.05) is 0 Å². The molecule has 4 unspecified atom stereocenters. The maximum absolute atomic E-state index is 12.8. The molecule has 0 aromatic carbocycles. The maximum atomic E-state index is 12.8. The number of carbonyl (C=O) groups is 2. The molecular weight excluding hydrogens is 376 g/mol. The third-order valence-electron chi connectivity index (χ3n) is 9.88. The lowest BCUT2D eigenvalue weighted by Crippen LogP contribution is -2.61. The zero-order chi connectivity index (χ0) is 20.9. The van der Waals surface area contributed by atoms with E-state index in [1.165, 1.54) is 44.8 Å². The first-order valence-corrected chi connectivity index (χ1v) is 12.5. The second kappa shape index (κ2) is 7.67. The number of ether oxygens (including phenoxy) is 2. The lowest BCUT2D eigenvalue weighted by atomic mass is 9.44. The van der Waals surface area contributed by atoms with Gasteiger partial charge in [0.15, 0.2) is 0 Å². The van der Waals surface area contributed by atoms with Gasteiger partial charge in [-0.15, -0.1) is 0 Å². The molecule has 5 rings (SSSR count). The predicted octanol–water partition coefficient (Wildman–Crippen LogP) is 5.59. The highest BCUT2D eigenvalue weighted by molar-refractivity contribution is 5.87. The van der Waals surface area contributed by atoms with Crippen LogP contribution in [-0.2, 0) is 19.1 Å². The summed E-state index contributed by atoms with van der Waals surface area (Å²) in [6.45, 7) is 4.29. The highest BCUT2D eigenvalue weighted by atomic mass is 16.5. The first-order chi connectivity index (χ1) is 14.4. The molecule has 0 radical (unpaired) electrons. The van der Waals surface area contributed by atoms with Gasteiger partial charge in [-0.3, -0.25) is 9.59 Å². The Labute approximate surface area is 181 Å². The summed E-state index contributed by atoms with van der Waals surface area (Å²) in [7, 11) is 0. The number of carbonyl (C=O) groups excluding carboxylic acids is 2. The van der Waals surface area contributed by atoms with Crippen molar-refractivity contribution >= 4 is 11.8 Å². The smallest absolute Gasteiger partial charge is 0.302 e. The van der Waals surface area contributed by atoms with Gasteiger partial charge in [0.1, 0.15) is 18.5 Å². The molecule has 30 heavy (non-hydrogen) atoms. The fourth-order valence-electron chi connectivity index (χ4n) is 8.47. The largest absolute Gasteiger partial charge is 0.494 e. The summed E-state index contributed by atoms with van der Waals surface area (Å²) < 4.78 is 12.6. The maximum Gasteiger partial charge on any atom is 0.302 e. The number of esters is 1. The summed E-state index contributed by atoms with van der Waals surface area (Å²) >= 11 is 0. The Hall–Kier alpha value is -1.32. The second-order valence-electron chi connectivity index (χ2n) is 11.1. The van der Waals surface area contributed by atoms with Crippen LogP contribution < -0.4 is 0 Å². The zero-order valence-corrected chi connectivity index (χ0v) is 18.8. The molecule has 7 atom stereocenters. The van der Waals surface area contributed by atoms with Gasteiger partial charge in [-0.1, -0.05) is 6.92 Å². The van der Waals surface area contributed by atoms with Crippen LogP contribution in [0.1, 0.15) is 90.9 Å². The monoisotopic (exact) mass is 414 g/mol. The molecule has 0 amide bonds. The highest BCUT2D eigenvalue weighted by Gasteiger charge is 2.64. The minimum atomic E-state index is -0.175. The van der Waals surface area contributed by atoms with Gasteiger partial charge < -0.3 is 9.47 Å². The van der Waals surface area contributed by atoms with Crippen molar-refractivity contribution in [3.05, 3.63) is 11.8 Å². The van der Waals surface area contributed by atoms with E-state index >= 15 is 0 Å². The van der Waals surface area contributed by atoms with Gasteiger partial charge in [0, 0.05) is 30.6 Å². The number of ketones is 1. The molecule has 0 aliphatic heterocycles. The first-order valence-electron chi connectivity index (χ1n) is 12.5. The third kappa shape index (κ3) is 3.07. The Balaban J connectivity index is 1.51. The van der Waals surface area contributed by atoms with Crippen molar-refractivity contribution in [3.63, 3.8) is 0 Å². The summed E-state index contributed by atoms with van der Waals surface area (Å²) in [5.74, 6) is 3.64. The van der Waals surface area contributed by atoms with Gasteiger partial charge in [0.25, 0.3) is 0 Å². The fourth-order valence-corrected chi connectivity index (χ4v) is 8.47. The normalized spacial score (nSPS) is 45.2.